The van der Waals surface area contributed by atoms with Crippen molar-refractivity contribution in [1.29, 1.82) is 0 Å². The molecule has 0 unspecified atom stereocenters. The Hall–Kier alpha value is -11.7. The van der Waals surface area contributed by atoms with E-state index in [-0.39, 0.29) is 10.8 Å². The molecule has 0 bridgehead atoms. The van der Waals surface area contributed by atoms with Gasteiger partial charge in [0.05, 0.1) is 0 Å². The Morgan fingerprint density at radius 2 is 0.354 bits per heavy atom. The first-order valence-electron chi connectivity index (χ1n) is 33.9. The lowest BCUT2D eigenvalue weighted by Gasteiger charge is -2.25. The van der Waals surface area contributed by atoms with Crippen LogP contribution < -0.4 is 0 Å². The van der Waals surface area contributed by atoms with E-state index in [1.807, 2.05) is 0 Å². The van der Waals surface area contributed by atoms with Gasteiger partial charge in [-0.15, -0.1) is 0 Å². The van der Waals surface area contributed by atoms with Gasteiger partial charge in [-0.05, 0) is 222 Å². The molecule has 0 N–H and O–H groups in total. The Kier molecular flexibility index (Phi) is 12.5. The second-order valence-corrected chi connectivity index (χ2v) is 27.6. The molecule has 0 aliphatic heterocycles. The molecule has 96 heavy (non-hydrogen) atoms. The molecule has 2 aliphatic rings. The van der Waals surface area contributed by atoms with E-state index in [0.717, 1.165) is 0 Å². The Bertz CT molecular complexity index is 5940. The molecule has 0 spiro atoms. The van der Waals surface area contributed by atoms with Crippen LogP contribution in [0, 0.1) is 0 Å². The fraction of sp³-hybridized carbons (Fsp3) is 0.0625. The average molecular weight is 1220 g/mol. The summed E-state index contributed by atoms with van der Waals surface area (Å²) >= 11 is 0. The predicted octanol–water partition coefficient (Wildman–Crippen LogP) is 26.6. The number of hydrogen-bond acceptors (Lipinski definition) is 0. The second-order valence-electron chi connectivity index (χ2n) is 27.6. The van der Waals surface area contributed by atoms with Crippen molar-refractivity contribution in [3.63, 3.8) is 0 Å². The molecule has 2 aliphatic carbocycles. The van der Waals surface area contributed by atoms with E-state index in [1.165, 1.54) is 198 Å². The SMILES string of the molecule is CC1(C)c2cc(-c3ccc4c(c3)C(C)(C)c3cc(-c5c6ccccc6c(-c6c7ccccc7c(-c7ccccc7-c7ccccc7)c7ccccc67)c6ccccc56)ccc3-4)ccc2-c2ccc(-c3c4ccccc4c(-c4ccccc4-c4ccccc4)c4ccccc34)cc21. The summed E-state index contributed by atoms with van der Waals surface area (Å²) in [5, 5.41) is 15.1. The summed E-state index contributed by atoms with van der Waals surface area (Å²) in [7, 11) is 0. The zero-order chi connectivity index (χ0) is 64.0. The third kappa shape index (κ3) is 8.28. The predicted molar refractivity (Wildman–Crippen MR) is 410 cm³/mol. The van der Waals surface area contributed by atoms with Gasteiger partial charge in [-0.1, -0.05) is 331 Å². The number of fused-ring (bicyclic) bond motifs is 12. The van der Waals surface area contributed by atoms with Gasteiger partial charge >= 0.3 is 0 Å². The van der Waals surface area contributed by atoms with E-state index in [0.29, 0.717) is 0 Å². The lowest BCUT2D eigenvalue weighted by atomic mass is 9.78. The zero-order valence-electron chi connectivity index (χ0n) is 54.2. The topological polar surface area (TPSA) is 0 Å². The molecule has 0 heterocycles. The minimum absolute atomic E-state index is 0.242. The van der Waals surface area contributed by atoms with Gasteiger partial charge in [0.15, 0.2) is 0 Å². The Morgan fingerprint density at radius 1 is 0.146 bits per heavy atom. The van der Waals surface area contributed by atoms with Crippen LogP contribution in [0.15, 0.2) is 328 Å². The molecule has 0 amide bonds. The number of rotatable bonds is 8. The molecule has 19 rings (SSSR count). The first kappa shape index (κ1) is 55.9. The van der Waals surface area contributed by atoms with E-state index < -0.39 is 0 Å². The summed E-state index contributed by atoms with van der Waals surface area (Å²) < 4.78 is 0. The first-order chi connectivity index (χ1) is 47.2. The first-order valence-corrected chi connectivity index (χ1v) is 33.9. The molecular weight excluding hydrogens is 1150 g/mol. The van der Waals surface area contributed by atoms with Crippen LogP contribution in [0.2, 0.25) is 0 Å². The van der Waals surface area contributed by atoms with E-state index in [4.69, 9.17) is 0 Å². The van der Waals surface area contributed by atoms with E-state index in [9.17, 15) is 0 Å². The maximum absolute atomic E-state index is 2.53. The molecular formula is C96H66. The van der Waals surface area contributed by atoms with Crippen LogP contribution in [-0.2, 0) is 10.8 Å². The van der Waals surface area contributed by atoms with Gasteiger partial charge in [-0.2, -0.15) is 0 Å². The normalized spacial score (nSPS) is 13.4. The quantitative estimate of drug-likeness (QED) is 0.133. The molecule has 0 saturated carbocycles. The minimum atomic E-state index is -0.262. The summed E-state index contributed by atoms with van der Waals surface area (Å²) in [5.74, 6) is 0. The third-order valence-corrected chi connectivity index (χ3v) is 21.9. The highest BCUT2D eigenvalue weighted by atomic mass is 14.4. The third-order valence-electron chi connectivity index (χ3n) is 21.9. The number of benzene rings is 17. The fourth-order valence-corrected chi connectivity index (χ4v) is 17.4. The van der Waals surface area contributed by atoms with Gasteiger partial charge in [0.25, 0.3) is 0 Å². The van der Waals surface area contributed by atoms with Crippen molar-refractivity contribution in [1.82, 2.24) is 0 Å². The standard InChI is InChI=1S/C96H66/c1-95(2)85-55-61(47-51-67(85)69-53-49-63(57-87(69)95)89-73-35-15-19-39-77(73)91(78-40-20-16-36-74(78)89)71-33-13-11-31-65(71)59-27-7-5-8-28-59)62-48-52-68-70-54-50-64(58-88(70)96(3,4)86(68)56-62)90-75-37-17-23-43-81(75)93(82-44-24-18-38-76(82)90)94-83-45-25-21-41-79(83)92(80-42-22-26-46-84(80)94)72-34-14-12-32-66(72)60-29-9-6-10-30-60/h5-58H,1-4H3. The summed E-state index contributed by atoms with van der Waals surface area (Å²) in [5.41, 5.74) is 30.3. The van der Waals surface area contributed by atoms with Crippen LogP contribution in [0.5, 0.6) is 0 Å². The second kappa shape index (κ2) is 21.4. The molecule has 0 nitrogen and oxygen atoms in total. The Labute approximate surface area is 560 Å². The van der Waals surface area contributed by atoms with Crippen LogP contribution in [0.3, 0.4) is 0 Å². The smallest absolute Gasteiger partial charge is 0.0159 e. The zero-order valence-corrected chi connectivity index (χ0v) is 54.2. The molecule has 0 radical (unpaired) electrons. The van der Waals surface area contributed by atoms with Crippen LogP contribution in [0.4, 0.5) is 0 Å². The maximum atomic E-state index is 2.53. The molecule has 450 valence electrons. The van der Waals surface area contributed by atoms with Crippen molar-refractivity contribution in [3.8, 4) is 111 Å². The van der Waals surface area contributed by atoms with E-state index in [1.54, 1.807) is 0 Å². The van der Waals surface area contributed by atoms with Gasteiger partial charge in [0.2, 0.25) is 0 Å². The van der Waals surface area contributed by atoms with E-state index in [2.05, 4.69) is 355 Å². The van der Waals surface area contributed by atoms with Crippen molar-refractivity contribution in [2.75, 3.05) is 0 Å². The van der Waals surface area contributed by atoms with Crippen molar-refractivity contribution in [2.45, 2.75) is 38.5 Å². The average Bonchev–Trinajstić information content (AvgIpc) is 1.26. The Morgan fingerprint density at radius 3 is 0.635 bits per heavy atom. The van der Waals surface area contributed by atoms with Crippen molar-refractivity contribution in [2.24, 2.45) is 0 Å². The van der Waals surface area contributed by atoms with Crippen LogP contribution >= 0.6 is 0 Å². The highest BCUT2D eigenvalue weighted by molar-refractivity contribution is 6.31. The molecule has 17 aromatic rings. The molecule has 17 aromatic carbocycles. The molecule has 0 fully saturated rings. The number of hydrogen-bond donors (Lipinski definition) is 0. The summed E-state index contributed by atoms with van der Waals surface area (Å²) in [6.07, 6.45) is 0. The molecule has 0 atom stereocenters. The van der Waals surface area contributed by atoms with Gasteiger partial charge in [0, 0.05) is 10.8 Å². The van der Waals surface area contributed by atoms with Crippen molar-refractivity contribution >= 4 is 64.6 Å². The summed E-state index contributed by atoms with van der Waals surface area (Å²) in [4.78, 5) is 0. The molecule has 0 aromatic heterocycles. The van der Waals surface area contributed by atoms with Crippen LogP contribution in [0.1, 0.15) is 49.9 Å². The van der Waals surface area contributed by atoms with Crippen LogP contribution in [-0.4, -0.2) is 0 Å². The summed E-state index contributed by atoms with van der Waals surface area (Å²) in [6.45, 7) is 9.73. The fourth-order valence-electron chi connectivity index (χ4n) is 17.4. The van der Waals surface area contributed by atoms with Gasteiger partial charge < -0.3 is 0 Å². The minimum Gasteiger partial charge on any atom is -0.0622 e. The Balaban J connectivity index is 0.691. The van der Waals surface area contributed by atoms with Gasteiger partial charge in [-0.25, -0.2) is 0 Å². The maximum Gasteiger partial charge on any atom is 0.0159 e. The van der Waals surface area contributed by atoms with Gasteiger partial charge in [-0.3, -0.25) is 0 Å². The monoisotopic (exact) mass is 1220 g/mol. The lowest BCUT2D eigenvalue weighted by molar-refractivity contribution is 0.660. The lowest BCUT2D eigenvalue weighted by Crippen LogP contribution is -2.15. The summed E-state index contributed by atoms with van der Waals surface area (Å²) in [6, 6.07) is 123. The van der Waals surface area contributed by atoms with Gasteiger partial charge in [0.1, 0.15) is 0 Å². The van der Waals surface area contributed by atoms with E-state index >= 15 is 0 Å². The molecule has 0 saturated heterocycles. The largest absolute Gasteiger partial charge is 0.0622 e. The van der Waals surface area contributed by atoms with Crippen molar-refractivity contribution in [3.05, 3.63) is 350 Å². The van der Waals surface area contributed by atoms with Crippen molar-refractivity contribution < 1.29 is 0 Å². The molecule has 0 heteroatoms. The highest BCUT2D eigenvalue weighted by Gasteiger charge is 2.39. The van der Waals surface area contributed by atoms with Crippen LogP contribution in [0.25, 0.3) is 176 Å². The highest BCUT2D eigenvalue weighted by Crippen LogP contribution is 2.57.